The van der Waals surface area contributed by atoms with Crippen molar-refractivity contribution >= 4 is 7.85 Å². The van der Waals surface area contributed by atoms with Gasteiger partial charge in [0.1, 0.15) is 7.85 Å². The van der Waals surface area contributed by atoms with Crippen molar-refractivity contribution in [3.05, 3.63) is 0 Å². The van der Waals surface area contributed by atoms with Gasteiger partial charge in [-0.25, -0.2) is 0 Å². The van der Waals surface area contributed by atoms with Crippen LogP contribution in [0.3, 0.4) is 0 Å². The molecule has 0 saturated carbocycles. The molecule has 1 heterocycles. The molecule has 5 atom stereocenters. The minimum absolute atomic E-state index is 0.170. The van der Waals surface area contributed by atoms with E-state index in [1.807, 2.05) is 7.05 Å². The zero-order valence-electron chi connectivity index (χ0n) is 14.6. The molecule has 1 aliphatic heterocycles. The van der Waals surface area contributed by atoms with Gasteiger partial charge in [0, 0.05) is 37.7 Å². The molecular formula is C16H34BN3O. The molecular weight excluding hydrogens is 261 g/mol. The van der Waals surface area contributed by atoms with E-state index in [0.29, 0.717) is 18.0 Å². The number of rotatable bonds is 9. The van der Waals surface area contributed by atoms with Gasteiger partial charge in [-0.05, 0) is 32.9 Å². The molecule has 1 saturated heterocycles. The maximum Gasteiger partial charge on any atom is 0.110 e. The average molecular weight is 295 g/mol. The molecule has 0 amide bonds. The number of likely N-dealkylation sites (N-methyl/N-ethyl adjacent to an activating group) is 2. The molecule has 1 rings (SSSR count). The van der Waals surface area contributed by atoms with Crippen LogP contribution in [-0.2, 0) is 4.74 Å². The normalized spacial score (nSPS) is 28.2. The van der Waals surface area contributed by atoms with E-state index < -0.39 is 0 Å². The standard InChI is InChI=1S/C16H34BN3O/c1-6-8-12(3)15-10-20(11-16(17)21-15)14(9-18-5)13(4)19-7-2/h12-16,18-19H,6-11H2,1-5H3. The number of morpholine rings is 1. The molecule has 0 aromatic rings. The van der Waals surface area contributed by atoms with Gasteiger partial charge in [0.2, 0.25) is 0 Å². The summed E-state index contributed by atoms with van der Waals surface area (Å²) in [5.41, 5.74) is 0. The highest BCUT2D eigenvalue weighted by molar-refractivity contribution is 6.11. The lowest BCUT2D eigenvalue weighted by molar-refractivity contribution is -0.0886. The zero-order chi connectivity index (χ0) is 15.8. The van der Waals surface area contributed by atoms with Crippen molar-refractivity contribution in [1.29, 1.82) is 0 Å². The predicted molar refractivity (Wildman–Crippen MR) is 90.9 cm³/mol. The molecule has 1 aliphatic rings. The van der Waals surface area contributed by atoms with E-state index in [-0.39, 0.29) is 12.1 Å². The van der Waals surface area contributed by atoms with Crippen molar-refractivity contribution in [2.45, 2.75) is 64.7 Å². The molecule has 0 aliphatic carbocycles. The molecule has 5 heteroatoms. The summed E-state index contributed by atoms with van der Waals surface area (Å²) in [5, 5.41) is 6.87. The summed E-state index contributed by atoms with van der Waals surface area (Å²) in [6.45, 7) is 12.7. The van der Waals surface area contributed by atoms with E-state index in [9.17, 15) is 0 Å². The Bertz CT molecular complexity index is 280. The van der Waals surface area contributed by atoms with Crippen molar-refractivity contribution in [3.8, 4) is 0 Å². The number of hydrogen-bond acceptors (Lipinski definition) is 4. The van der Waals surface area contributed by atoms with Crippen LogP contribution in [0.1, 0.15) is 40.5 Å². The van der Waals surface area contributed by atoms with Crippen LogP contribution in [0.15, 0.2) is 0 Å². The molecule has 0 bridgehead atoms. The molecule has 2 radical (unpaired) electrons. The molecule has 21 heavy (non-hydrogen) atoms. The Morgan fingerprint density at radius 1 is 1.29 bits per heavy atom. The number of ether oxygens (including phenoxy) is 1. The highest BCUT2D eigenvalue weighted by Gasteiger charge is 2.33. The molecule has 5 unspecified atom stereocenters. The van der Waals surface area contributed by atoms with Gasteiger partial charge >= 0.3 is 0 Å². The Morgan fingerprint density at radius 2 is 2.00 bits per heavy atom. The minimum Gasteiger partial charge on any atom is -0.382 e. The third-order valence-electron chi connectivity index (χ3n) is 4.54. The largest absolute Gasteiger partial charge is 0.382 e. The summed E-state index contributed by atoms with van der Waals surface area (Å²) in [5.74, 6) is 0.563. The second-order valence-electron chi connectivity index (χ2n) is 6.40. The Labute approximate surface area is 132 Å². The number of hydrogen-bond donors (Lipinski definition) is 2. The fourth-order valence-electron chi connectivity index (χ4n) is 3.36. The van der Waals surface area contributed by atoms with Gasteiger partial charge in [-0.2, -0.15) is 0 Å². The van der Waals surface area contributed by atoms with Crippen LogP contribution in [0.2, 0.25) is 0 Å². The van der Waals surface area contributed by atoms with Crippen LogP contribution >= 0.6 is 0 Å². The summed E-state index contributed by atoms with van der Waals surface area (Å²) in [6.07, 6.45) is 2.65. The average Bonchev–Trinajstić information content (AvgIpc) is 2.44. The van der Waals surface area contributed by atoms with Crippen molar-refractivity contribution in [1.82, 2.24) is 15.5 Å². The summed E-state index contributed by atoms with van der Waals surface area (Å²) >= 11 is 0. The predicted octanol–water partition coefficient (Wildman–Crippen LogP) is 1.20. The van der Waals surface area contributed by atoms with Gasteiger partial charge in [-0.1, -0.05) is 27.2 Å². The molecule has 0 aromatic carbocycles. The maximum atomic E-state index is 6.15. The first-order chi connectivity index (χ1) is 10.0. The van der Waals surface area contributed by atoms with E-state index in [4.69, 9.17) is 12.6 Å². The smallest absolute Gasteiger partial charge is 0.110 e. The van der Waals surface area contributed by atoms with Gasteiger partial charge in [-0.15, -0.1) is 0 Å². The van der Waals surface area contributed by atoms with E-state index in [2.05, 4.69) is 43.2 Å². The zero-order valence-corrected chi connectivity index (χ0v) is 14.6. The van der Waals surface area contributed by atoms with E-state index >= 15 is 0 Å². The molecule has 1 fully saturated rings. The SMILES string of the molecule is [B]C1CN(C(CNC)C(C)NCC)CC(C(C)CCC)O1. The summed E-state index contributed by atoms with van der Waals surface area (Å²) in [7, 11) is 8.17. The first-order valence-corrected chi connectivity index (χ1v) is 8.56. The van der Waals surface area contributed by atoms with E-state index in [0.717, 1.165) is 26.2 Å². The summed E-state index contributed by atoms with van der Waals surface area (Å²) < 4.78 is 5.99. The summed E-state index contributed by atoms with van der Waals surface area (Å²) in [4.78, 5) is 2.51. The lowest BCUT2D eigenvalue weighted by atomic mass is 9.90. The van der Waals surface area contributed by atoms with Crippen molar-refractivity contribution in [3.63, 3.8) is 0 Å². The van der Waals surface area contributed by atoms with Crippen LogP contribution in [0.5, 0.6) is 0 Å². The van der Waals surface area contributed by atoms with Crippen LogP contribution in [0.25, 0.3) is 0 Å². The quantitative estimate of drug-likeness (QED) is 0.627. The lowest BCUT2D eigenvalue weighted by Gasteiger charge is -2.45. The lowest BCUT2D eigenvalue weighted by Crippen LogP contribution is -2.60. The molecule has 122 valence electrons. The fraction of sp³-hybridized carbons (Fsp3) is 1.00. The Hall–Kier alpha value is -0.0951. The highest BCUT2D eigenvalue weighted by atomic mass is 16.5. The minimum atomic E-state index is -0.170. The van der Waals surface area contributed by atoms with Crippen LogP contribution in [0, 0.1) is 5.92 Å². The van der Waals surface area contributed by atoms with Crippen LogP contribution in [-0.4, -0.2) is 70.2 Å². The van der Waals surface area contributed by atoms with E-state index in [1.165, 1.54) is 12.8 Å². The van der Waals surface area contributed by atoms with Crippen molar-refractivity contribution < 1.29 is 4.74 Å². The topological polar surface area (TPSA) is 36.5 Å². The second-order valence-corrected chi connectivity index (χ2v) is 6.40. The molecule has 0 spiro atoms. The van der Waals surface area contributed by atoms with Crippen LogP contribution in [0.4, 0.5) is 0 Å². The van der Waals surface area contributed by atoms with Gasteiger partial charge in [-0.3, -0.25) is 4.90 Å². The number of nitrogens with one attached hydrogen (secondary N) is 2. The first kappa shape index (κ1) is 19.0. The Kier molecular flexibility index (Phi) is 8.87. The van der Waals surface area contributed by atoms with Crippen molar-refractivity contribution in [2.24, 2.45) is 5.92 Å². The first-order valence-electron chi connectivity index (χ1n) is 8.56. The van der Waals surface area contributed by atoms with Gasteiger partial charge in [0.15, 0.2) is 0 Å². The van der Waals surface area contributed by atoms with Gasteiger partial charge in [0.25, 0.3) is 0 Å². The van der Waals surface area contributed by atoms with Crippen LogP contribution < -0.4 is 10.6 Å². The monoisotopic (exact) mass is 295 g/mol. The summed E-state index contributed by atoms with van der Waals surface area (Å²) in [6, 6.07) is 0.715. The second kappa shape index (κ2) is 9.83. The third-order valence-corrected chi connectivity index (χ3v) is 4.54. The molecule has 4 nitrogen and oxygen atoms in total. The van der Waals surface area contributed by atoms with Gasteiger partial charge in [0.05, 0.1) is 6.10 Å². The third kappa shape index (κ3) is 5.89. The Balaban J connectivity index is 2.72. The fourth-order valence-corrected chi connectivity index (χ4v) is 3.36. The molecule has 2 N–H and O–H groups in total. The maximum absolute atomic E-state index is 6.15. The molecule has 0 aromatic heterocycles. The Morgan fingerprint density at radius 3 is 2.57 bits per heavy atom. The van der Waals surface area contributed by atoms with Gasteiger partial charge < -0.3 is 15.4 Å². The highest BCUT2D eigenvalue weighted by Crippen LogP contribution is 2.22. The van der Waals surface area contributed by atoms with E-state index in [1.54, 1.807) is 0 Å². The van der Waals surface area contributed by atoms with Crippen molar-refractivity contribution in [2.75, 3.05) is 33.2 Å². The number of nitrogens with zero attached hydrogens (tertiary/aromatic N) is 1.